The number of carboxylic acid groups (broad SMARTS) is 1. The molecule has 1 aromatic carbocycles. The SMILES string of the molecule is CCCCc1ccc(NC(=O)C[C@@H]([NH2+]CCCCCC[NH3+])C(=O)[O-])cc1. The first kappa shape index (κ1) is 22.1. The molecule has 1 atom stereocenters. The Kier molecular flexibility index (Phi) is 11.3. The molecule has 0 aliphatic carbocycles. The number of aliphatic carboxylic acids is 1. The summed E-state index contributed by atoms with van der Waals surface area (Å²) < 4.78 is 0. The highest BCUT2D eigenvalue weighted by molar-refractivity contribution is 5.93. The van der Waals surface area contributed by atoms with Gasteiger partial charge in [-0.15, -0.1) is 0 Å². The first-order valence-corrected chi connectivity index (χ1v) is 9.79. The smallest absolute Gasteiger partial charge is 0.230 e. The first-order chi connectivity index (χ1) is 12.6. The van der Waals surface area contributed by atoms with Gasteiger partial charge in [-0.25, -0.2) is 0 Å². The third-order valence-electron chi connectivity index (χ3n) is 4.42. The van der Waals surface area contributed by atoms with Gasteiger partial charge in [-0.05, 0) is 56.2 Å². The number of anilines is 1. The van der Waals surface area contributed by atoms with Crippen molar-refractivity contribution in [2.45, 2.75) is 64.3 Å². The molecule has 0 heterocycles. The van der Waals surface area contributed by atoms with Crippen LogP contribution in [-0.2, 0) is 16.0 Å². The highest BCUT2D eigenvalue weighted by Gasteiger charge is 2.18. The van der Waals surface area contributed by atoms with Crippen molar-refractivity contribution >= 4 is 17.6 Å². The molecule has 0 aliphatic rings. The quantitative estimate of drug-likeness (QED) is 0.399. The lowest BCUT2D eigenvalue weighted by Crippen LogP contribution is -2.93. The van der Waals surface area contributed by atoms with Crippen LogP contribution < -0.4 is 21.5 Å². The van der Waals surface area contributed by atoms with E-state index in [9.17, 15) is 14.7 Å². The monoisotopic (exact) mass is 364 g/mol. The molecule has 1 aromatic rings. The van der Waals surface area contributed by atoms with Crippen LogP contribution in [0.25, 0.3) is 0 Å². The van der Waals surface area contributed by atoms with Gasteiger partial charge in [0.25, 0.3) is 0 Å². The van der Waals surface area contributed by atoms with Gasteiger partial charge in [0.1, 0.15) is 6.04 Å². The number of nitrogens with one attached hydrogen (secondary N) is 1. The Morgan fingerprint density at radius 2 is 1.81 bits per heavy atom. The predicted molar refractivity (Wildman–Crippen MR) is 100 cm³/mol. The highest BCUT2D eigenvalue weighted by atomic mass is 16.4. The van der Waals surface area contributed by atoms with E-state index in [1.165, 1.54) is 5.56 Å². The normalized spacial score (nSPS) is 11.9. The minimum absolute atomic E-state index is 0.0845. The van der Waals surface area contributed by atoms with Crippen molar-refractivity contribution in [1.82, 2.24) is 0 Å². The van der Waals surface area contributed by atoms with Gasteiger partial charge in [-0.3, -0.25) is 4.79 Å². The molecular weight excluding hydrogens is 330 g/mol. The molecule has 0 aromatic heterocycles. The van der Waals surface area contributed by atoms with E-state index < -0.39 is 12.0 Å². The fourth-order valence-electron chi connectivity index (χ4n) is 2.80. The molecule has 0 saturated heterocycles. The van der Waals surface area contributed by atoms with Gasteiger partial charge < -0.3 is 26.3 Å². The number of carbonyl (C=O) groups is 2. The number of aryl methyl sites for hydroxylation is 1. The summed E-state index contributed by atoms with van der Waals surface area (Å²) >= 11 is 0. The molecule has 26 heavy (non-hydrogen) atoms. The highest BCUT2D eigenvalue weighted by Crippen LogP contribution is 2.12. The molecule has 0 radical (unpaired) electrons. The topological polar surface area (TPSA) is 113 Å². The number of quaternary nitrogens is 2. The van der Waals surface area contributed by atoms with E-state index in [1.54, 1.807) is 5.32 Å². The number of rotatable bonds is 14. The van der Waals surface area contributed by atoms with Gasteiger partial charge in [0, 0.05) is 5.69 Å². The van der Waals surface area contributed by atoms with Gasteiger partial charge in [-0.2, -0.15) is 0 Å². The molecule has 6 nitrogen and oxygen atoms in total. The molecule has 0 aliphatic heterocycles. The summed E-state index contributed by atoms with van der Waals surface area (Å²) in [5.74, 6) is -1.48. The van der Waals surface area contributed by atoms with Crippen molar-refractivity contribution in [3.63, 3.8) is 0 Å². The molecule has 0 unspecified atom stereocenters. The molecule has 6 heteroatoms. The van der Waals surface area contributed by atoms with Crippen LogP contribution >= 0.6 is 0 Å². The lowest BCUT2D eigenvalue weighted by molar-refractivity contribution is -0.682. The number of amides is 1. The first-order valence-electron chi connectivity index (χ1n) is 9.79. The summed E-state index contributed by atoms with van der Waals surface area (Å²) in [6, 6.07) is 6.89. The second kappa shape index (κ2) is 13.3. The van der Waals surface area contributed by atoms with Crippen molar-refractivity contribution < 1.29 is 25.7 Å². The Labute approximate surface area is 156 Å². The third kappa shape index (κ3) is 9.53. The Morgan fingerprint density at radius 1 is 1.12 bits per heavy atom. The van der Waals surface area contributed by atoms with Crippen molar-refractivity contribution in [2.24, 2.45) is 0 Å². The van der Waals surface area contributed by atoms with E-state index in [1.807, 2.05) is 24.3 Å². The van der Waals surface area contributed by atoms with Crippen LogP contribution in [0.4, 0.5) is 5.69 Å². The van der Waals surface area contributed by atoms with Crippen LogP contribution in [0.2, 0.25) is 0 Å². The number of unbranched alkanes of at least 4 members (excludes halogenated alkanes) is 4. The number of benzene rings is 1. The maximum Gasteiger partial charge on any atom is 0.230 e. The fourth-order valence-corrected chi connectivity index (χ4v) is 2.80. The maximum absolute atomic E-state index is 12.1. The van der Waals surface area contributed by atoms with Crippen LogP contribution in [0, 0.1) is 0 Å². The van der Waals surface area contributed by atoms with Crippen molar-refractivity contribution in [1.29, 1.82) is 0 Å². The van der Waals surface area contributed by atoms with Crippen molar-refractivity contribution in [2.75, 3.05) is 18.4 Å². The Bertz CT molecular complexity index is 532. The van der Waals surface area contributed by atoms with Crippen LogP contribution in [0.1, 0.15) is 57.4 Å². The number of carbonyl (C=O) groups excluding carboxylic acids is 2. The average molecular weight is 365 g/mol. The Balaban J connectivity index is 2.38. The summed E-state index contributed by atoms with van der Waals surface area (Å²) in [5, 5.41) is 15.7. The van der Waals surface area contributed by atoms with E-state index in [0.29, 0.717) is 12.2 Å². The second-order valence-electron chi connectivity index (χ2n) is 6.77. The predicted octanol–water partition coefficient (Wildman–Crippen LogP) is -0.158. The zero-order chi connectivity index (χ0) is 19.2. The molecule has 1 amide bonds. The van der Waals surface area contributed by atoms with Crippen molar-refractivity contribution in [3.8, 4) is 0 Å². The summed E-state index contributed by atoms with van der Waals surface area (Å²) in [6.07, 6.45) is 7.44. The summed E-state index contributed by atoms with van der Waals surface area (Å²) in [5.41, 5.74) is 5.74. The molecule has 0 bridgehead atoms. The Hall–Kier alpha value is -1.92. The molecule has 0 spiro atoms. The lowest BCUT2D eigenvalue weighted by Gasteiger charge is -2.16. The summed E-state index contributed by atoms with van der Waals surface area (Å²) in [4.78, 5) is 23.4. The van der Waals surface area contributed by atoms with Crippen molar-refractivity contribution in [3.05, 3.63) is 29.8 Å². The standard InChI is InChI=1S/C20H33N3O3/c1-2-3-8-16-9-11-17(12-10-16)23-19(24)15-18(20(25)26)22-14-7-5-4-6-13-21/h9-12,18,22H,2-8,13-15,21H2,1H3,(H,23,24)(H,25,26)/p+1/t18-/m1/s1. The van der Waals surface area contributed by atoms with Crippen LogP contribution in [0.3, 0.4) is 0 Å². The van der Waals surface area contributed by atoms with Gasteiger partial charge in [0.2, 0.25) is 5.91 Å². The zero-order valence-corrected chi connectivity index (χ0v) is 16.0. The van der Waals surface area contributed by atoms with Gasteiger partial charge in [0.05, 0.1) is 25.5 Å². The second-order valence-corrected chi connectivity index (χ2v) is 6.77. The number of hydrogen-bond donors (Lipinski definition) is 3. The summed E-state index contributed by atoms with van der Waals surface area (Å²) in [7, 11) is 0. The number of carboxylic acids is 1. The lowest BCUT2D eigenvalue weighted by atomic mass is 10.1. The molecular formula is C20H34N3O3+. The van der Waals surface area contributed by atoms with Crippen LogP contribution in [-0.4, -0.2) is 31.0 Å². The third-order valence-corrected chi connectivity index (χ3v) is 4.42. The van der Waals surface area contributed by atoms with E-state index in [4.69, 9.17) is 0 Å². The molecule has 6 N–H and O–H groups in total. The molecule has 0 saturated carbocycles. The minimum Gasteiger partial charge on any atom is -0.544 e. The molecule has 146 valence electrons. The largest absolute Gasteiger partial charge is 0.544 e. The minimum atomic E-state index is -1.19. The maximum atomic E-state index is 12.1. The van der Waals surface area contributed by atoms with Gasteiger partial charge >= 0.3 is 0 Å². The van der Waals surface area contributed by atoms with E-state index >= 15 is 0 Å². The number of hydrogen-bond acceptors (Lipinski definition) is 3. The van der Waals surface area contributed by atoms with Crippen LogP contribution in [0.15, 0.2) is 24.3 Å². The fraction of sp³-hybridized carbons (Fsp3) is 0.600. The summed E-state index contributed by atoms with van der Waals surface area (Å²) in [6.45, 7) is 3.78. The molecule has 0 fully saturated rings. The van der Waals surface area contributed by atoms with E-state index in [2.05, 4.69) is 18.0 Å². The van der Waals surface area contributed by atoms with Gasteiger partial charge in [-0.1, -0.05) is 25.5 Å². The van der Waals surface area contributed by atoms with E-state index in [-0.39, 0.29) is 12.3 Å². The molecule has 1 rings (SSSR count). The van der Waals surface area contributed by atoms with Crippen LogP contribution in [0.5, 0.6) is 0 Å². The zero-order valence-electron chi connectivity index (χ0n) is 16.0. The van der Waals surface area contributed by atoms with Gasteiger partial charge in [0.15, 0.2) is 0 Å². The average Bonchev–Trinajstić information content (AvgIpc) is 2.62. The number of nitrogens with two attached hydrogens (primary N) is 1. The van der Waals surface area contributed by atoms with E-state index in [0.717, 1.165) is 51.5 Å². The Morgan fingerprint density at radius 3 is 2.42 bits per heavy atom.